The molecule has 0 bridgehead atoms. The van der Waals surface area contributed by atoms with E-state index in [1.807, 2.05) is 20.8 Å². The summed E-state index contributed by atoms with van der Waals surface area (Å²) < 4.78 is 5.59. The van der Waals surface area contributed by atoms with Crippen LogP contribution in [0.5, 0.6) is 0 Å². The molecule has 5 heteroatoms. The van der Waals surface area contributed by atoms with Crippen molar-refractivity contribution < 1.29 is 20.1 Å². The lowest BCUT2D eigenvalue weighted by atomic mass is 10.1. The van der Waals surface area contributed by atoms with Gasteiger partial charge in [-0.25, -0.2) is 0 Å². The molecule has 0 amide bonds. The molecule has 0 unspecified atom stereocenters. The lowest BCUT2D eigenvalue weighted by Crippen LogP contribution is -2.40. The molecule has 4 atom stereocenters. The number of aliphatic hydroxyl groups excluding tert-OH is 3. The Hall–Kier alpha value is -0.200. The highest BCUT2D eigenvalue weighted by atomic mass is 16.5. The van der Waals surface area contributed by atoms with Crippen molar-refractivity contribution in [3.8, 4) is 0 Å². The van der Waals surface area contributed by atoms with E-state index in [9.17, 15) is 10.2 Å². The SMILES string of the molecule is CC(C)(C)OCCCN[C@@H]1C[C@H](CO)[C@@H](O)[C@H]1O. The fourth-order valence-corrected chi connectivity index (χ4v) is 2.25. The second-order valence-corrected chi connectivity index (χ2v) is 6.03. The summed E-state index contributed by atoms with van der Waals surface area (Å²) in [7, 11) is 0. The van der Waals surface area contributed by atoms with Crippen LogP contribution in [0, 0.1) is 5.92 Å². The zero-order valence-electron chi connectivity index (χ0n) is 11.6. The number of hydrogen-bond donors (Lipinski definition) is 4. The van der Waals surface area contributed by atoms with E-state index in [4.69, 9.17) is 9.84 Å². The van der Waals surface area contributed by atoms with Gasteiger partial charge in [0.25, 0.3) is 0 Å². The average molecular weight is 261 g/mol. The molecule has 18 heavy (non-hydrogen) atoms. The van der Waals surface area contributed by atoms with Crippen LogP contribution in [0.4, 0.5) is 0 Å². The Morgan fingerprint density at radius 3 is 2.39 bits per heavy atom. The van der Waals surface area contributed by atoms with Crippen molar-refractivity contribution in [2.45, 2.75) is 57.5 Å². The van der Waals surface area contributed by atoms with E-state index in [2.05, 4.69) is 5.32 Å². The minimum Gasteiger partial charge on any atom is -0.396 e. The second-order valence-electron chi connectivity index (χ2n) is 6.03. The lowest BCUT2D eigenvalue weighted by Gasteiger charge is -2.21. The van der Waals surface area contributed by atoms with E-state index in [1.54, 1.807) is 0 Å². The summed E-state index contributed by atoms with van der Waals surface area (Å²) in [5.74, 6) is -0.219. The van der Waals surface area contributed by atoms with E-state index < -0.39 is 12.2 Å². The van der Waals surface area contributed by atoms with Crippen molar-refractivity contribution in [1.82, 2.24) is 5.32 Å². The van der Waals surface area contributed by atoms with Crippen LogP contribution in [0.3, 0.4) is 0 Å². The predicted octanol–water partition coefficient (Wildman–Crippen LogP) is -0.116. The maximum atomic E-state index is 9.79. The monoisotopic (exact) mass is 261 g/mol. The minimum absolute atomic E-state index is 0.0798. The van der Waals surface area contributed by atoms with Gasteiger partial charge in [0.05, 0.1) is 17.8 Å². The third-order valence-electron chi connectivity index (χ3n) is 3.30. The highest BCUT2D eigenvalue weighted by molar-refractivity contribution is 4.94. The first kappa shape index (κ1) is 15.9. The maximum absolute atomic E-state index is 9.79. The lowest BCUT2D eigenvalue weighted by molar-refractivity contribution is -0.00726. The topological polar surface area (TPSA) is 82.0 Å². The normalized spacial score (nSPS) is 33.0. The Kier molecular flexibility index (Phi) is 6.01. The van der Waals surface area contributed by atoms with Gasteiger partial charge in [-0.15, -0.1) is 0 Å². The molecule has 0 spiro atoms. The molecule has 1 saturated carbocycles. The summed E-state index contributed by atoms with van der Waals surface area (Å²) in [4.78, 5) is 0. The molecule has 1 rings (SSSR count). The smallest absolute Gasteiger partial charge is 0.0955 e. The molecule has 0 aromatic carbocycles. The largest absolute Gasteiger partial charge is 0.396 e. The first-order valence-corrected chi connectivity index (χ1v) is 6.69. The molecule has 0 heterocycles. The fourth-order valence-electron chi connectivity index (χ4n) is 2.25. The second kappa shape index (κ2) is 6.82. The molecule has 0 radical (unpaired) electrons. The minimum atomic E-state index is -0.821. The molecule has 1 aliphatic rings. The summed E-state index contributed by atoms with van der Waals surface area (Å²) in [6, 6.07) is -0.133. The van der Waals surface area contributed by atoms with Gasteiger partial charge in [0, 0.05) is 25.2 Å². The average Bonchev–Trinajstić information content (AvgIpc) is 2.55. The van der Waals surface area contributed by atoms with Gasteiger partial charge in [-0.2, -0.15) is 0 Å². The maximum Gasteiger partial charge on any atom is 0.0955 e. The zero-order chi connectivity index (χ0) is 13.8. The van der Waals surface area contributed by atoms with Crippen LogP contribution in [0.15, 0.2) is 0 Å². The molecule has 1 fully saturated rings. The van der Waals surface area contributed by atoms with E-state index in [1.165, 1.54) is 0 Å². The Morgan fingerprint density at radius 1 is 1.22 bits per heavy atom. The molecule has 0 aliphatic heterocycles. The standard InChI is InChI=1S/C13H27NO4/c1-13(2,3)18-6-4-5-14-10-7-9(8-15)11(16)12(10)17/h9-12,14-17H,4-8H2,1-3H3/t9-,10-,11-,12+/m1/s1. The number of hydrogen-bond acceptors (Lipinski definition) is 5. The number of ether oxygens (including phenoxy) is 1. The first-order chi connectivity index (χ1) is 8.35. The Labute approximate surface area is 109 Å². The van der Waals surface area contributed by atoms with Gasteiger partial charge in [-0.1, -0.05) is 0 Å². The molecular formula is C13H27NO4. The Balaban J connectivity index is 2.17. The zero-order valence-corrected chi connectivity index (χ0v) is 11.6. The molecular weight excluding hydrogens is 234 g/mol. The third kappa shape index (κ3) is 4.82. The third-order valence-corrected chi connectivity index (χ3v) is 3.30. The number of nitrogens with one attached hydrogen (secondary N) is 1. The molecule has 1 aliphatic carbocycles. The Bertz CT molecular complexity index is 242. The van der Waals surface area contributed by atoms with Gasteiger partial charge >= 0.3 is 0 Å². The fraction of sp³-hybridized carbons (Fsp3) is 1.00. The van der Waals surface area contributed by atoms with E-state index in [0.29, 0.717) is 13.0 Å². The molecule has 4 N–H and O–H groups in total. The van der Waals surface area contributed by atoms with Crippen LogP contribution < -0.4 is 5.32 Å². The van der Waals surface area contributed by atoms with Crippen LogP contribution in [-0.4, -0.2) is 58.9 Å². The number of aliphatic hydroxyl groups is 3. The first-order valence-electron chi connectivity index (χ1n) is 6.69. The van der Waals surface area contributed by atoms with Crippen molar-refractivity contribution in [3.63, 3.8) is 0 Å². The van der Waals surface area contributed by atoms with Crippen LogP contribution in [0.1, 0.15) is 33.6 Å². The summed E-state index contributed by atoms with van der Waals surface area (Å²) in [5, 5.41) is 31.7. The molecule has 0 aromatic heterocycles. The highest BCUT2D eigenvalue weighted by Crippen LogP contribution is 2.26. The van der Waals surface area contributed by atoms with Crippen LogP contribution in [0.2, 0.25) is 0 Å². The molecule has 108 valence electrons. The van der Waals surface area contributed by atoms with Crippen LogP contribution >= 0.6 is 0 Å². The van der Waals surface area contributed by atoms with Gasteiger partial charge in [0.2, 0.25) is 0 Å². The summed E-state index contributed by atoms with van der Waals surface area (Å²) >= 11 is 0. The summed E-state index contributed by atoms with van der Waals surface area (Å²) in [6.45, 7) is 7.38. The molecule has 0 saturated heterocycles. The van der Waals surface area contributed by atoms with Crippen molar-refractivity contribution >= 4 is 0 Å². The van der Waals surface area contributed by atoms with Crippen molar-refractivity contribution in [2.75, 3.05) is 19.8 Å². The van der Waals surface area contributed by atoms with Crippen molar-refractivity contribution in [1.29, 1.82) is 0 Å². The Morgan fingerprint density at radius 2 is 1.89 bits per heavy atom. The summed E-state index contributed by atoms with van der Waals surface area (Å²) in [5.41, 5.74) is -0.120. The summed E-state index contributed by atoms with van der Waals surface area (Å²) in [6.07, 6.45) is -0.136. The number of rotatable bonds is 6. The van der Waals surface area contributed by atoms with E-state index in [0.717, 1.165) is 13.0 Å². The van der Waals surface area contributed by atoms with Gasteiger partial charge in [0.1, 0.15) is 0 Å². The van der Waals surface area contributed by atoms with E-state index in [-0.39, 0.29) is 24.2 Å². The van der Waals surface area contributed by atoms with Crippen LogP contribution in [-0.2, 0) is 4.74 Å². The molecule has 5 nitrogen and oxygen atoms in total. The van der Waals surface area contributed by atoms with E-state index >= 15 is 0 Å². The highest BCUT2D eigenvalue weighted by Gasteiger charge is 2.40. The van der Waals surface area contributed by atoms with Gasteiger partial charge in [0.15, 0.2) is 0 Å². The van der Waals surface area contributed by atoms with Crippen molar-refractivity contribution in [2.24, 2.45) is 5.92 Å². The van der Waals surface area contributed by atoms with Crippen LogP contribution in [0.25, 0.3) is 0 Å². The predicted molar refractivity (Wildman–Crippen MR) is 69.3 cm³/mol. The quantitative estimate of drug-likeness (QED) is 0.501. The van der Waals surface area contributed by atoms with Crippen molar-refractivity contribution in [3.05, 3.63) is 0 Å². The van der Waals surface area contributed by atoms with Gasteiger partial charge < -0.3 is 25.4 Å². The van der Waals surface area contributed by atoms with Gasteiger partial charge in [-0.05, 0) is 40.2 Å². The van der Waals surface area contributed by atoms with Gasteiger partial charge in [-0.3, -0.25) is 0 Å². The molecule has 0 aromatic rings.